The van der Waals surface area contributed by atoms with E-state index < -0.39 is 12.2 Å². The lowest BCUT2D eigenvalue weighted by Crippen LogP contribution is -2.43. The Morgan fingerprint density at radius 3 is 2.80 bits per heavy atom. The van der Waals surface area contributed by atoms with Crippen molar-refractivity contribution in [1.29, 1.82) is 0 Å². The minimum atomic E-state index is -1.30. The molecule has 1 atom stereocenters. The molecule has 0 aromatic carbocycles. The number of hydrogen-bond acceptors (Lipinski definition) is 4. The zero-order chi connectivity index (χ0) is 11.5. The van der Waals surface area contributed by atoms with E-state index >= 15 is 0 Å². The molecule has 1 unspecified atom stereocenters. The van der Waals surface area contributed by atoms with Crippen molar-refractivity contribution in [3.63, 3.8) is 0 Å². The maximum atomic E-state index is 11.5. The Balaban J connectivity index is 2.55. The van der Waals surface area contributed by atoms with Crippen LogP contribution in [0.15, 0.2) is 16.7 Å². The molecule has 1 aromatic heterocycles. The maximum absolute atomic E-state index is 11.5. The molecule has 0 saturated carbocycles. The van der Waals surface area contributed by atoms with E-state index in [1.165, 1.54) is 13.2 Å². The van der Waals surface area contributed by atoms with Gasteiger partial charge in [-0.3, -0.25) is 4.79 Å². The van der Waals surface area contributed by atoms with Crippen molar-refractivity contribution in [3.05, 3.63) is 23.7 Å². The number of furan rings is 1. The monoisotopic (exact) mass is 213 g/mol. The van der Waals surface area contributed by atoms with Crippen LogP contribution < -0.4 is 5.32 Å². The molecule has 0 aliphatic heterocycles. The first-order valence-electron chi connectivity index (χ1n) is 4.62. The molecule has 3 N–H and O–H groups in total. The second-order valence-corrected chi connectivity index (χ2v) is 3.73. The quantitative estimate of drug-likeness (QED) is 0.660. The summed E-state index contributed by atoms with van der Waals surface area (Å²) < 4.78 is 4.97. The van der Waals surface area contributed by atoms with E-state index in [2.05, 4.69) is 5.32 Å². The average Bonchev–Trinajstić information content (AvgIpc) is 2.61. The SMILES string of the molecule is Cc1occc1C(=O)NCC(C)(O)CO. The number of amides is 1. The number of hydrogen-bond donors (Lipinski definition) is 3. The van der Waals surface area contributed by atoms with Crippen molar-refractivity contribution in [2.75, 3.05) is 13.2 Å². The molecule has 84 valence electrons. The molecule has 0 saturated heterocycles. The molecule has 1 heterocycles. The van der Waals surface area contributed by atoms with Crippen LogP contribution in [-0.2, 0) is 0 Å². The van der Waals surface area contributed by atoms with Crippen molar-refractivity contribution in [3.8, 4) is 0 Å². The topological polar surface area (TPSA) is 82.7 Å². The van der Waals surface area contributed by atoms with Crippen LogP contribution in [0, 0.1) is 6.92 Å². The van der Waals surface area contributed by atoms with E-state index in [-0.39, 0.29) is 12.5 Å². The van der Waals surface area contributed by atoms with Crippen LogP contribution in [0.1, 0.15) is 23.0 Å². The predicted octanol–water partition coefficient (Wildman–Crippen LogP) is 0.0611. The lowest BCUT2D eigenvalue weighted by atomic mass is 10.1. The van der Waals surface area contributed by atoms with Crippen LogP contribution in [0.3, 0.4) is 0 Å². The fourth-order valence-corrected chi connectivity index (χ4v) is 1.04. The molecule has 15 heavy (non-hydrogen) atoms. The van der Waals surface area contributed by atoms with Gasteiger partial charge in [-0.1, -0.05) is 0 Å². The number of carbonyl (C=O) groups is 1. The molecule has 0 bridgehead atoms. The van der Waals surface area contributed by atoms with Crippen LogP contribution in [-0.4, -0.2) is 34.9 Å². The second-order valence-electron chi connectivity index (χ2n) is 3.73. The Kier molecular flexibility index (Phi) is 3.49. The maximum Gasteiger partial charge on any atom is 0.254 e. The highest BCUT2D eigenvalue weighted by Crippen LogP contribution is 2.08. The second kappa shape index (κ2) is 4.46. The third-order valence-corrected chi connectivity index (χ3v) is 2.07. The van der Waals surface area contributed by atoms with Crippen LogP contribution in [0.4, 0.5) is 0 Å². The first-order chi connectivity index (χ1) is 6.96. The molecule has 1 amide bonds. The Bertz CT molecular complexity index is 343. The van der Waals surface area contributed by atoms with E-state index in [9.17, 15) is 9.90 Å². The van der Waals surface area contributed by atoms with E-state index in [0.717, 1.165) is 0 Å². The Hall–Kier alpha value is -1.33. The number of nitrogens with one attached hydrogen (secondary N) is 1. The zero-order valence-electron chi connectivity index (χ0n) is 8.78. The Labute approximate surface area is 87.7 Å². The van der Waals surface area contributed by atoms with Crippen molar-refractivity contribution < 1.29 is 19.4 Å². The Morgan fingerprint density at radius 1 is 1.67 bits per heavy atom. The van der Waals surface area contributed by atoms with Gasteiger partial charge in [0.25, 0.3) is 5.91 Å². The summed E-state index contributed by atoms with van der Waals surface area (Å²) in [4.78, 5) is 11.5. The average molecular weight is 213 g/mol. The fourth-order valence-electron chi connectivity index (χ4n) is 1.04. The summed E-state index contributed by atoms with van der Waals surface area (Å²) in [5, 5.41) is 20.7. The summed E-state index contributed by atoms with van der Waals surface area (Å²) in [7, 11) is 0. The van der Waals surface area contributed by atoms with Gasteiger partial charge in [0, 0.05) is 6.54 Å². The van der Waals surface area contributed by atoms with Crippen LogP contribution in [0.25, 0.3) is 0 Å². The van der Waals surface area contributed by atoms with Crippen LogP contribution >= 0.6 is 0 Å². The van der Waals surface area contributed by atoms with Gasteiger partial charge in [0.2, 0.25) is 0 Å². The van der Waals surface area contributed by atoms with E-state index in [4.69, 9.17) is 9.52 Å². The van der Waals surface area contributed by atoms with Gasteiger partial charge in [-0.15, -0.1) is 0 Å². The van der Waals surface area contributed by atoms with Gasteiger partial charge < -0.3 is 19.9 Å². The summed E-state index contributed by atoms with van der Waals surface area (Å²) in [6.07, 6.45) is 1.43. The Morgan fingerprint density at radius 2 is 2.33 bits per heavy atom. The summed E-state index contributed by atoms with van der Waals surface area (Å²) in [6, 6.07) is 1.55. The minimum Gasteiger partial charge on any atom is -0.469 e. The molecule has 5 nitrogen and oxygen atoms in total. The number of rotatable bonds is 4. The fraction of sp³-hybridized carbons (Fsp3) is 0.500. The molecule has 0 aliphatic rings. The first-order valence-corrected chi connectivity index (χ1v) is 4.62. The lowest BCUT2D eigenvalue weighted by Gasteiger charge is -2.20. The van der Waals surface area contributed by atoms with Gasteiger partial charge in [-0.05, 0) is 19.9 Å². The number of aliphatic hydroxyl groups excluding tert-OH is 1. The lowest BCUT2D eigenvalue weighted by molar-refractivity contribution is 0.00319. The van der Waals surface area contributed by atoms with Gasteiger partial charge in [-0.2, -0.15) is 0 Å². The molecule has 5 heteroatoms. The van der Waals surface area contributed by atoms with E-state index in [1.54, 1.807) is 13.0 Å². The predicted molar refractivity (Wildman–Crippen MR) is 53.5 cm³/mol. The molecule has 1 aromatic rings. The van der Waals surface area contributed by atoms with E-state index in [1.807, 2.05) is 0 Å². The third-order valence-electron chi connectivity index (χ3n) is 2.07. The molecular weight excluding hydrogens is 198 g/mol. The van der Waals surface area contributed by atoms with Gasteiger partial charge in [0.1, 0.15) is 11.4 Å². The van der Waals surface area contributed by atoms with Crippen molar-refractivity contribution >= 4 is 5.91 Å². The van der Waals surface area contributed by atoms with Crippen molar-refractivity contribution in [2.24, 2.45) is 0 Å². The van der Waals surface area contributed by atoms with Crippen molar-refractivity contribution in [1.82, 2.24) is 5.32 Å². The normalized spacial score (nSPS) is 14.7. The number of aryl methyl sites for hydroxylation is 1. The van der Waals surface area contributed by atoms with Gasteiger partial charge in [0.15, 0.2) is 0 Å². The minimum absolute atomic E-state index is 0.00699. The molecule has 0 radical (unpaired) electrons. The smallest absolute Gasteiger partial charge is 0.254 e. The first kappa shape index (κ1) is 11.7. The largest absolute Gasteiger partial charge is 0.469 e. The third kappa shape index (κ3) is 3.07. The van der Waals surface area contributed by atoms with Gasteiger partial charge >= 0.3 is 0 Å². The van der Waals surface area contributed by atoms with Crippen LogP contribution in [0.5, 0.6) is 0 Å². The molecule has 0 spiro atoms. The van der Waals surface area contributed by atoms with E-state index in [0.29, 0.717) is 11.3 Å². The standard InChI is InChI=1S/C10H15NO4/c1-7-8(3-4-15-7)9(13)11-5-10(2,14)6-12/h3-4,12,14H,5-6H2,1-2H3,(H,11,13). The molecule has 0 aliphatic carbocycles. The summed E-state index contributed by atoms with van der Waals surface area (Å²) in [5.41, 5.74) is -0.864. The molecule has 0 fully saturated rings. The summed E-state index contributed by atoms with van der Waals surface area (Å²) in [6.45, 7) is 2.71. The van der Waals surface area contributed by atoms with Crippen molar-refractivity contribution in [2.45, 2.75) is 19.4 Å². The number of carbonyl (C=O) groups excluding carboxylic acids is 1. The zero-order valence-corrected chi connectivity index (χ0v) is 8.78. The molecule has 1 rings (SSSR count). The highest BCUT2D eigenvalue weighted by Gasteiger charge is 2.21. The number of aliphatic hydroxyl groups is 2. The molecular formula is C10H15NO4. The summed E-state index contributed by atoms with van der Waals surface area (Å²) in [5.74, 6) is 0.200. The van der Waals surface area contributed by atoms with Gasteiger partial charge in [-0.25, -0.2) is 0 Å². The highest BCUT2D eigenvalue weighted by atomic mass is 16.3. The summed E-state index contributed by atoms with van der Waals surface area (Å²) >= 11 is 0. The highest BCUT2D eigenvalue weighted by molar-refractivity contribution is 5.95. The van der Waals surface area contributed by atoms with Gasteiger partial charge in [0.05, 0.1) is 18.4 Å². The van der Waals surface area contributed by atoms with Crippen LogP contribution in [0.2, 0.25) is 0 Å².